The Morgan fingerprint density at radius 2 is 1.80 bits per heavy atom. The topological polar surface area (TPSA) is 73.2 Å². The van der Waals surface area contributed by atoms with Crippen molar-refractivity contribution >= 4 is 10.0 Å². The molecule has 5 nitrogen and oxygen atoms in total. The molecule has 0 aliphatic rings. The first-order valence-electron chi connectivity index (χ1n) is 7.30. The number of nitrogens with one attached hydrogen (secondary N) is 1. The summed E-state index contributed by atoms with van der Waals surface area (Å²) in [6.07, 6.45) is 5.08. The summed E-state index contributed by atoms with van der Waals surface area (Å²) in [6, 6.07) is 2.30. The molecule has 0 bridgehead atoms. The van der Waals surface area contributed by atoms with Crippen LogP contribution in [0, 0.1) is 16.7 Å². The van der Waals surface area contributed by atoms with E-state index in [1.807, 2.05) is 20.8 Å². The number of unbranched alkanes of at least 4 members (excludes halogenated alkanes) is 1. The lowest BCUT2D eigenvalue weighted by Crippen LogP contribution is -2.32. The van der Waals surface area contributed by atoms with Gasteiger partial charge in [0, 0.05) is 13.1 Å². The van der Waals surface area contributed by atoms with Gasteiger partial charge >= 0.3 is 0 Å². The Hall–Kier alpha value is -0.640. The van der Waals surface area contributed by atoms with Crippen molar-refractivity contribution < 1.29 is 8.42 Å². The van der Waals surface area contributed by atoms with E-state index >= 15 is 0 Å². The molecule has 118 valence electrons. The zero-order chi connectivity index (χ0) is 15.6. The lowest BCUT2D eigenvalue weighted by Gasteiger charge is -2.17. The first-order valence-corrected chi connectivity index (χ1v) is 9.15. The molecule has 0 aliphatic heterocycles. The summed E-state index contributed by atoms with van der Waals surface area (Å²) in [5.41, 5.74) is -0.225. The van der Waals surface area contributed by atoms with E-state index in [1.165, 1.54) is 10.6 Å². The van der Waals surface area contributed by atoms with Crippen LogP contribution in [0.1, 0.15) is 46.5 Å². The SMILES string of the molecule is CCN(CCCNCCCCC(C)(C)C#N)S(C)(=O)=O. The Morgan fingerprint density at radius 3 is 2.30 bits per heavy atom. The van der Waals surface area contributed by atoms with Crippen molar-refractivity contribution in [3.05, 3.63) is 0 Å². The van der Waals surface area contributed by atoms with E-state index in [0.29, 0.717) is 13.1 Å². The third-order valence-electron chi connectivity index (χ3n) is 3.29. The number of hydrogen-bond acceptors (Lipinski definition) is 4. The minimum atomic E-state index is -3.06. The normalized spacial score (nSPS) is 12.6. The molecule has 0 rings (SSSR count). The zero-order valence-corrected chi connectivity index (χ0v) is 14.1. The van der Waals surface area contributed by atoms with Crippen molar-refractivity contribution in [3.63, 3.8) is 0 Å². The molecule has 0 amide bonds. The minimum absolute atomic E-state index is 0.225. The number of hydrogen-bond donors (Lipinski definition) is 1. The lowest BCUT2D eigenvalue weighted by atomic mass is 9.89. The summed E-state index contributed by atoms with van der Waals surface area (Å²) in [6.45, 7) is 8.63. The van der Waals surface area contributed by atoms with Gasteiger partial charge in [0.1, 0.15) is 0 Å². The molecule has 0 saturated carbocycles. The van der Waals surface area contributed by atoms with E-state index < -0.39 is 10.0 Å². The maximum atomic E-state index is 11.4. The quantitative estimate of drug-likeness (QED) is 0.592. The van der Waals surface area contributed by atoms with Crippen LogP contribution in [0.2, 0.25) is 0 Å². The summed E-state index contributed by atoms with van der Waals surface area (Å²) in [4.78, 5) is 0. The number of nitriles is 1. The van der Waals surface area contributed by atoms with Gasteiger partial charge < -0.3 is 5.32 Å². The Morgan fingerprint density at radius 1 is 1.20 bits per heavy atom. The van der Waals surface area contributed by atoms with Gasteiger partial charge in [-0.25, -0.2) is 12.7 Å². The smallest absolute Gasteiger partial charge is 0.211 e. The molecule has 0 aromatic heterocycles. The fourth-order valence-corrected chi connectivity index (χ4v) is 2.87. The van der Waals surface area contributed by atoms with Crippen LogP contribution in [-0.4, -0.2) is 45.2 Å². The molecule has 0 radical (unpaired) electrons. The maximum absolute atomic E-state index is 11.4. The van der Waals surface area contributed by atoms with Crippen LogP contribution in [0.5, 0.6) is 0 Å². The van der Waals surface area contributed by atoms with E-state index in [2.05, 4.69) is 11.4 Å². The third-order valence-corrected chi connectivity index (χ3v) is 4.67. The first-order chi connectivity index (χ1) is 9.23. The number of rotatable bonds is 11. The Labute approximate surface area is 124 Å². The maximum Gasteiger partial charge on any atom is 0.211 e. The van der Waals surface area contributed by atoms with Crippen LogP contribution >= 0.6 is 0 Å². The molecule has 0 aliphatic carbocycles. The van der Waals surface area contributed by atoms with Crippen LogP contribution in [-0.2, 0) is 10.0 Å². The Balaban J connectivity index is 3.57. The van der Waals surface area contributed by atoms with Crippen molar-refractivity contribution in [2.75, 3.05) is 32.4 Å². The average Bonchev–Trinajstić information content (AvgIpc) is 2.35. The van der Waals surface area contributed by atoms with Crippen LogP contribution in [0.15, 0.2) is 0 Å². The summed E-state index contributed by atoms with van der Waals surface area (Å²) >= 11 is 0. The van der Waals surface area contributed by atoms with Crippen molar-refractivity contribution in [3.8, 4) is 6.07 Å². The van der Waals surface area contributed by atoms with Crippen LogP contribution < -0.4 is 5.32 Å². The van der Waals surface area contributed by atoms with Gasteiger partial charge in [-0.1, -0.05) is 13.3 Å². The average molecular weight is 303 g/mol. The van der Waals surface area contributed by atoms with Crippen LogP contribution in [0.4, 0.5) is 0 Å². The lowest BCUT2D eigenvalue weighted by molar-refractivity contribution is 0.410. The molecule has 0 unspecified atom stereocenters. The van der Waals surface area contributed by atoms with E-state index in [9.17, 15) is 8.42 Å². The summed E-state index contributed by atoms with van der Waals surface area (Å²) in [5, 5.41) is 12.2. The highest BCUT2D eigenvalue weighted by atomic mass is 32.2. The largest absolute Gasteiger partial charge is 0.317 e. The van der Waals surface area contributed by atoms with Crippen molar-refractivity contribution in [1.82, 2.24) is 9.62 Å². The second kappa shape index (κ2) is 9.32. The Kier molecular flexibility index (Phi) is 9.03. The third kappa shape index (κ3) is 9.29. The highest BCUT2D eigenvalue weighted by Crippen LogP contribution is 2.21. The summed E-state index contributed by atoms with van der Waals surface area (Å²) < 4.78 is 24.2. The van der Waals surface area contributed by atoms with Crippen molar-refractivity contribution in [2.24, 2.45) is 5.41 Å². The highest BCUT2D eigenvalue weighted by molar-refractivity contribution is 7.88. The molecule has 0 saturated heterocycles. The van der Waals surface area contributed by atoms with Gasteiger partial charge in [0.05, 0.1) is 17.7 Å². The molecule has 0 aromatic rings. The monoisotopic (exact) mass is 303 g/mol. The van der Waals surface area contributed by atoms with E-state index in [-0.39, 0.29) is 5.41 Å². The second-order valence-electron chi connectivity index (χ2n) is 5.81. The molecule has 1 N–H and O–H groups in total. The Bertz CT molecular complexity index is 399. The summed E-state index contributed by atoms with van der Waals surface area (Å²) in [5.74, 6) is 0. The molecule has 6 heteroatoms. The van der Waals surface area contributed by atoms with Gasteiger partial charge in [0.25, 0.3) is 0 Å². The predicted molar refractivity (Wildman–Crippen MR) is 82.8 cm³/mol. The highest BCUT2D eigenvalue weighted by Gasteiger charge is 2.15. The molecule has 20 heavy (non-hydrogen) atoms. The number of nitrogens with zero attached hydrogens (tertiary/aromatic N) is 2. The van der Waals surface area contributed by atoms with E-state index in [1.54, 1.807) is 0 Å². The first kappa shape index (κ1) is 19.4. The predicted octanol–water partition coefficient (Wildman–Crippen LogP) is 1.97. The van der Waals surface area contributed by atoms with Crippen LogP contribution in [0.25, 0.3) is 0 Å². The molecule has 0 aromatic carbocycles. The van der Waals surface area contributed by atoms with Gasteiger partial charge in [-0.3, -0.25) is 0 Å². The van der Waals surface area contributed by atoms with Gasteiger partial charge in [0.2, 0.25) is 10.0 Å². The van der Waals surface area contributed by atoms with E-state index in [4.69, 9.17) is 5.26 Å². The molecule has 0 fully saturated rings. The van der Waals surface area contributed by atoms with Gasteiger partial charge in [-0.2, -0.15) is 5.26 Å². The summed E-state index contributed by atoms with van der Waals surface area (Å²) in [7, 11) is -3.06. The van der Waals surface area contributed by atoms with Crippen molar-refractivity contribution in [2.45, 2.75) is 46.5 Å². The molecule has 0 spiro atoms. The standard InChI is InChI=1S/C14H29N3O2S/c1-5-17(20(4,18)19)12-8-11-16-10-7-6-9-14(2,3)13-15/h16H,5-12H2,1-4H3. The minimum Gasteiger partial charge on any atom is -0.317 e. The molecule has 0 atom stereocenters. The van der Waals surface area contributed by atoms with Gasteiger partial charge in [-0.05, 0) is 46.2 Å². The molecule has 0 heterocycles. The second-order valence-corrected chi connectivity index (χ2v) is 7.79. The van der Waals surface area contributed by atoms with Crippen LogP contribution in [0.3, 0.4) is 0 Å². The fourth-order valence-electron chi connectivity index (χ4n) is 1.94. The zero-order valence-electron chi connectivity index (χ0n) is 13.3. The van der Waals surface area contributed by atoms with E-state index in [0.717, 1.165) is 38.8 Å². The molecular weight excluding hydrogens is 274 g/mol. The molecular formula is C14H29N3O2S. The van der Waals surface area contributed by atoms with Gasteiger partial charge in [-0.15, -0.1) is 0 Å². The van der Waals surface area contributed by atoms with Crippen molar-refractivity contribution in [1.29, 1.82) is 5.26 Å². The number of sulfonamides is 1. The fraction of sp³-hybridized carbons (Fsp3) is 0.929. The van der Waals surface area contributed by atoms with Gasteiger partial charge in [0.15, 0.2) is 0 Å².